The van der Waals surface area contributed by atoms with E-state index >= 15 is 0 Å². The van der Waals surface area contributed by atoms with Crippen molar-refractivity contribution in [3.8, 4) is 5.75 Å². The summed E-state index contributed by atoms with van der Waals surface area (Å²) < 4.78 is 10.3. The van der Waals surface area contributed by atoms with Crippen LogP contribution in [0.3, 0.4) is 0 Å². The first-order valence-corrected chi connectivity index (χ1v) is 6.07. The molecule has 0 unspecified atom stereocenters. The van der Waals surface area contributed by atoms with E-state index in [1.54, 1.807) is 13.0 Å². The van der Waals surface area contributed by atoms with Crippen molar-refractivity contribution in [2.75, 3.05) is 13.2 Å². The Labute approximate surface area is 112 Å². The fourth-order valence-electron chi connectivity index (χ4n) is 1.23. The molecule has 0 amide bonds. The first-order valence-electron chi connectivity index (χ1n) is 5.27. The second-order valence-electron chi connectivity index (χ2n) is 3.25. The lowest BCUT2D eigenvalue weighted by atomic mass is 10.3. The summed E-state index contributed by atoms with van der Waals surface area (Å²) in [5.41, 5.74) is -0.0800. The second-order valence-corrected chi connectivity index (χ2v) is 4.04. The molecule has 1 rings (SSSR count). The molecule has 98 valence electrons. The molecule has 0 heterocycles. The van der Waals surface area contributed by atoms with Crippen LogP contribution in [0, 0.1) is 10.1 Å². The van der Waals surface area contributed by atoms with Gasteiger partial charge in [0.15, 0.2) is 0 Å². The van der Waals surface area contributed by atoms with Crippen LogP contribution in [0.5, 0.6) is 5.75 Å². The maximum Gasteiger partial charge on any atom is 0.309 e. The SMILES string of the molecule is CCOC(=O)CCOc1cccc([N+](=O)[O-])c1Br. The van der Waals surface area contributed by atoms with Gasteiger partial charge in [0.2, 0.25) is 0 Å². The van der Waals surface area contributed by atoms with Crippen LogP contribution in [0.2, 0.25) is 0 Å². The molecule has 0 saturated heterocycles. The van der Waals surface area contributed by atoms with Crippen molar-refractivity contribution in [3.05, 3.63) is 32.8 Å². The molecule has 7 heteroatoms. The summed E-state index contributed by atoms with van der Waals surface area (Å²) >= 11 is 3.10. The van der Waals surface area contributed by atoms with E-state index < -0.39 is 4.92 Å². The van der Waals surface area contributed by atoms with E-state index in [1.165, 1.54) is 12.1 Å². The molecule has 0 aromatic heterocycles. The number of rotatable bonds is 6. The number of esters is 1. The fraction of sp³-hybridized carbons (Fsp3) is 0.364. The summed E-state index contributed by atoms with van der Waals surface area (Å²) in [5.74, 6) is -0.0347. The lowest BCUT2D eigenvalue weighted by molar-refractivity contribution is -0.385. The molecular weight excluding hydrogens is 306 g/mol. The standard InChI is InChI=1S/C11H12BrNO5/c1-2-17-10(14)6-7-18-9-5-3-4-8(11(9)12)13(15)16/h3-5H,2,6-7H2,1H3. The highest BCUT2D eigenvalue weighted by atomic mass is 79.9. The van der Waals surface area contributed by atoms with Crippen molar-refractivity contribution in [1.82, 2.24) is 0 Å². The number of halogens is 1. The summed E-state index contributed by atoms with van der Waals surface area (Å²) in [6, 6.07) is 4.47. The van der Waals surface area contributed by atoms with Gasteiger partial charge in [-0.3, -0.25) is 14.9 Å². The predicted octanol–water partition coefficient (Wildman–Crippen LogP) is 2.69. The fourth-order valence-corrected chi connectivity index (χ4v) is 1.75. The molecule has 18 heavy (non-hydrogen) atoms. The third-order valence-electron chi connectivity index (χ3n) is 2.01. The minimum atomic E-state index is -0.512. The Morgan fingerprint density at radius 1 is 1.50 bits per heavy atom. The highest BCUT2D eigenvalue weighted by Gasteiger charge is 2.16. The van der Waals surface area contributed by atoms with Gasteiger partial charge in [-0.2, -0.15) is 0 Å². The molecule has 0 spiro atoms. The van der Waals surface area contributed by atoms with E-state index in [0.29, 0.717) is 12.4 Å². The number of hydrogen-bond acceptors (Lipinski definition) is 5. The molecule has 0 aliphatic heterocycles. The number of nitrogens with zero attached hydrogens (tertiary/aromatic N) is 1. The zero-order chi connectivity index (χ0) is 13.5. The van der Waals surface area contributed by atoms with Gasteiger partial charge in [-0.15, -0.1) is 0 Å². The average molecular weight is 318 g/mol. The molecule has 0 bridgehead atoms. The summed E-state index contributed by atoms with van der Waals surface area (Å²) in [6.07, 6.45) is 0.100. The van der Waals surface area contributed by atoms with Crippen LogP contribution in [-0.4, -0.2) is 24.1 Å². The highest BCUT2D eigenvalue weighted by Crippen LogP contribution is 2.33. The van der Waals surface area contributed by atoms with Gasteiger partial charge in [-0.1, -0.05) is 6.07 Å². The van der Waals surface area contributed by atoms with Crippen LogP contribution in [0.15, 0.2) is 22.7 Å². The Morgan fingerprint density at radius 2 is 2.22 bits per heavy atom. The van der Waals surface area contributed by atoms with Crippen LogP contribution in [0.25, 0.3) is 0 Å². The number of nitro benzene ring substituents is 1. The number of nitro groups is 1. The van der Waals surface area contributed by atoms with Gasteiger partial charge in [0.05, 0.1) is 24.6 Å². The van der Waals surface area contributed by atoms with Crippen LogP contribution < -0.4 is 4.74 Å². The van der Waals surface area contributed by atoms with E-state index in [1.807, 2.05) is 0 Å². The number of benzene rings is 1. The second kappa shape index (κ2) is 6.95. The molecule has 1 aromatic carbocycles. The number of hydrogen-bond donors (Lipinski definition) is 0. The molecule has 1 aromatic rings. The van der Waals surface area contributed by atoms with Gasteiger partial charge in [-0.25, -0.2) is 0 Å². The first-order chi connectivity index (χ1) is 8.56. The Kier molecular flexibility index (Phi) is 5.57. The van der Waals surface area contributed by atoms with Gasteiger partial charge in [0.25, 0.3) is 5.69 Å². The number of ether oxygens (including phenoxy) is 2. The summed E-state index contributed by atoms with van der Waals surface area (Å²) in [4.78, 5) is 21.2. The van der Waals surface area contributed by atoms with Gasteiger partial charge in [-0.05, 0) is 28.9 Å². The number of carbonyl (C=O) groups excluding carboxylic acids is 1. The smallest absolute Gasteiger partial charge is 0.309 e. The maximum absolute atomic E-state index is 11.1. The molecule has 6 nitrogen and oxygen atoms in total. The van der Waals surface area contributed by atoms with Gasteiger partial charge in [0.1, 0.15) is 10.2 Å². The molecule has 0 aliphatic carbocycles. The van der Waals surface area contributed by atoms with Crippen LogP contribution in [-0.2, 0) is 9.53 Å². The summed E-state index contributed by atoms with van der Waals surface area (Å²) in [7, 11) is 0. The molecular formula is C11H12BrNO5. The molecule has 0 N–H and O–H groups in total. The van der Waals surface area contributed by atoms with Crippen molar-refractivity contribution in [2.24, 2.45) is 0 Å². The molecule has 0 atom stereocenters. The van der Waals surface area contributed by atoms with Crippen molar-refractivity contribution in [3.63, 3.8) is 0 Å². The summed E-state index contributed by atoms with van der Waals surface area (Å²) in [6.45, 7) is 2.15. The number of carbonyl (C=O) groups is 1. The highest BCUT2D eigenvalue weighted by molar-refractivity contribution is 9.10. The van der Waals surface area contributed by atoms with Crippen molar-refractivity contribution in [2.45, 2.75) is 13.3 Å². The minimum absolute atomic E-state index is 0.0800. The van der Waals surface area contributed by atoms with Crippen LogP contribution in [0.1, 0.15) is 13.3 Å². The Balaban J connectivity index is 2.60. The third-order valence-corrected chi connectivity index (χ3v) is 2.81. The Hall–Kier alpha value is -1.63. The Morgan fingerprint density at radius 3 is 2.83 bits per heavy atom. The monoisotopic (exact) mass is 317 g/mol. The first kappa shape index (κ1) is 14.4. The van der Waals surface area contributed by atoms with Gasteiger partial charge >= 0.3 is 5.97 Å². The van der Waals surface area contributed by atoms with Crippen LogP contribution in [0.4, 0.5) is 5.69 Å². The molecule has 0 aliphatic rings. The van der Waals surface area contributed by atoms with Gasteiger partial charge in [0, 0.05) is 6.07 Å². The lowest BCUT2D eigenvalue weighted by Crippen LogP contribution is -2.09. The summed E-state index contributed by atoms with van der Waals surface area (Å²) in [5, 5.41) is 10.7. The molecule has 0 fully saturated rings. The van der Waals surface area contributed by atoms with Crippen molar-refractivity contribution < 1.29 is 19.2 Å². The molecule has 0 saturated carbocycles. The zero-order valence-electron chi connectivity index (χ0n) is 9.72. The quantitative estimate of drug-likeness (QED) is 0.458. The van der Waals surface area contributed by atoms with E-state index in [9.17, 15) is 14.9 Å². The average Bonchev–Trinajstić information content (AvgIpc) is 2.31. The van der Waals surface area contributed by atoms with Gasteiger partial charge < -0.3 is 9.47 Å². The molecule has 0 radical (unpaired) electrons. The van der Waals surface area contributed by atoms with Crippen molar-refractivity contribution in [1.29, 1.82) is 0 Å². The van der Waals surface area contributed by atoms with Crippen LogP contribution >= 0.6 is 15.9 Å². The minimum Gasteiger partial charge on any atom is -0.492 e. The Bertz CT molecular complexity index is 449. The topological polar surface area (TPSA) is 78.7 Å². The maximum atomic E-state index is 11.1. The lowest BCUT2D eigenvalue weighted by Gasteiger charge is -2.07. The van der Waals surface area contributed by atoms with E-state index in [2.05, 4.69) is 15.9 Å². The third kappa shape index (κ3) is 3.99. The zero-order valence-corrected chi connectivity index (χ0v) is 11.3. The van der Waals surface area contributed by atoms with E-state index in [4.69, 9.17) is 9.47 Å². The normalized spacial score (nSPS) is 9.89. The van der Waals surface area contributed by atoms with Crippen molar-refractivity contribution >= 4 is 27.6 Å². The van der Waals surface area contributed by atoms with E-state index in [0.717, 1.165) is 0 Å². The largest absolute Gasteiger partial charge is 0.492 e. The predicted molar refractivity (Wildman–Crippen MR) is 67.5 cm³/mol. The van der Waals surface area contributed by atoms with E-state index in [-0.39, 0.29) is 29.2 Å².